The van der Waals surface area contributed by atoms with Crippen LogP contribution < -0.4 is 40.6 Å². The minimum absolute atomic E-state index is 0.0492. The number of carboxylic acids is 4. The van der Waals surface area contributed by atoms with Gasteiger partial charge in [-0.25, -0.2) is 18.0 Å². The summed E-state index contributed by atoms with van der Waals surface area (Å²) in [6.07, 6.45) is 7.12. The summed E-state index contributed by atoms with van der Waals surface area (Å²) in [5.41, 5.74) is 2.10. The second-order valence-corrected chi connectivity index (χ2v) is 26.8. The highest BCUT2D eigenvalue weighted by molar-refractivity contribution is 7.89. The highest BCUT2D eigenvalue weighted by atomic mass is 32.2. The van der Waals surface area contributed by atoms with E-state index in [9.17, 15) is 81.6 Å². The number of benzene rings is 3. The third-order valence-corrected chi connectivity index (χ3v) is 18.0. The van der Waals surface area contributed by atoms with Crippen LogP contribution in [0.15, 0.2) is 78.1 Å². The zero-order chi connectivity index (χ0) is 74.0. The van der Waals surface area contributed by atoms with Crippen LogP contribution in [0, 0.1) is 13.8 Å². The van der Waals surface area contributed by atoms with Crippen molar-refractivity contribution in [2.45, 2.75) is 75.9 Å². The number of ether oxygens (including phenoxy) is 4. The number of carbonyl (C=O) groups excluding carboxylic acids is 4. The number of aromatic amines is 1. The summed E-state index contributed by atoms with van der Waals surface area (Å²) in [4.78, 5) is 133. The van der Waals surface area contributed by atoms with E-state index < -0.39 is 78.1 Å². The lowest BCUT2D eigenvalue weighted by molar-refractivity contribution is -0.140. The molecular weight excluding hydrogens is 1380 g/mol. The van der Waals surface area contributed by atoms with Crippen LogP contribution in [-0.2, 0) is 75.3 Å². The van der Waals surface area contributed by atoms with Crippen LogP contribution in [0.1, 0.15) is 59.2 Å². The summed E-state index contributed by atoms with van der Waals surface area (Å²) < 4.78 is 70.0. The van der Waals surface area contributed by atoms with Gasteiger partial charge in [-0.05, 0) is 98.7 Å². The van der Waals surface area contributed by atoms with Gasteiger partial charge < -0.3 is 75.5 Å². The third-order valence-electron chi connectivity index (χ3n) is 15.7. The molecule has 1 saturated heterocycles. The van der Waals surface area contributed by atoms with E-state index in [2.05, 4.69) is 50.9 Å². The average Bonchev–Trinajstić information content (AvgIpc) is 0.950. The monoisotopic (exact) mass is 1470 g/mol. The summed E-state index contributed by atoms with van der Waals surface area (Å²) in [6.45, 7) is 6.19. The summed E-state index contributed by atoms with van der Waals surface area (Å²) in [5, 5.41) is 57.9. The van der Waals surface area contributed by atoms with E-state index in [1.807, 2.05) is 0 Å². The molecule has 1 fully saturated rings. The molecule has 102 heavy (non-hydrogen) atoms. The maximum absolute atomic E-state index is 13.8. The molecule has 5 aromatic rings. The fourth-order valence-corrected chi connectivity index (χ4v) is 12.8. The zero-order valence-corrected chi connectivity index (χ0v) is 58.7. The van der Waals surface area contributed by atoms with Crippen LogP contribution in [-0.4, -0.2) is 289 Å². The molecule has 2 atom stereocenters. The van der Waals surface area contributed by atoms with Crippen LogP contribution in [0.3, 0.4) is 0 Å². The van der Waals surface area contributed by atoms with Crippen molar-refractivity contribution in [1.82, 2.24) is 65.3 Å². The molecule has 1 aliphatic rings. The number of imidazole rings is 1. The number of nitrogens with zero attached hydrogens (tertiary/aromatic N) is 7. The lowest BCUT2D eigenvalue weighted by Gasteiger charge is -2.33. The average molecular weight is 1470 g/mol. The van der Waals surface area contributed by atoms with E-state index in [1.54, 1.807) is 74.9 Å². The second kappa shape index (κ2) is 42.6. The van der Waals surface area contributed by atoms with E-state index >= 15 is 0 Å². The Bertz CT molecular complexity index is 3640. The highest BCUT2D eigenvalue weighted by Crippen LogP contribution is 2.37. The molecular formula is C64H93N14O22PS. The van der Waals surface area contributed by atoms with Crippen molar-refractivity contribution >= 4 is 82.2 Å². The summed E-state index contributed by atoms with van der Waals surface area (Å²) >= 11 is 0. The van der Waals surface area contributed by atoms with Crippen molar-refractivity contribution in [2.75, 3.05) is 156 Å². The molecule has 562 valence electrons. The number of carbonyl (C=O) groups is 8. The van der Waals surface area contributed by atoms with Gasteiger partial charge in [-0.2, -0.15) is 9.82 Å². The largest absolute Gasteiger partial charge is 0.524 e. The lowest BCUT2D eigenvalue weighted by Crippen LogP contribution is -2.53. The number of sulfonamides is 1. The van der Waals surface area contributed by atoms with Crippen LogP contribution in [0.4, 0.5) is 5.95 Å². The van der Waals surface area contributed by atoms with E-state index in [0.717, 1.165) is 11.9 Å². The van der Waals surface area contributed by atoms with Crippen LogP contribution in [0.5, 0.6) is 11.5 Å². The van der Waals surface area contributed by atoms with Gasteiger partial charge >= 0.3 is 31.7 Å². The Balaban J connectivity index is 0.828. The molecule has 4 amide bonds. The van der Waals surface area contributed by atoms with Crippen LogP contribution in [0.25, 0.3) is 10.9 Å². The first-order chi connectivity index (χ1) is 48.7. The van der Waals surface area contributed by atoms with Gasteiger partial charge in [0, 0.05) is 134 Å². The van der Waals surface area contributed by atoms with E-state index in [1.165, 1.54) is 36.4 Å². The maximum Gasteiger partial charge on any atom is 0.524 e. The van der Waals surface area contributed by atoms with E-state index in [0.29, 0.717) is 74.8 Å². The number of rotatable bonds is 45. The number of carboxylic acid groups (broad SMARTS) is 4. The van der Waals surface area contributed by atoms with Crippen molar-refractivity contribution in [1.29, 1.82) is 0 Å². The van der Waals surface area contributed by atoms with Crippen molar-refractivity contribution in [3.8, 4) is 11.5 Å². The summed E-state index contributed by atoms with van der Waals surface area (Å²) in [5.74, 6) is -5.86. The first kappa shape index (κ1) is 82.2. The fraction of sp³-hybridized carbons (Fsp3) is 0.531. The Kier molecular flexibility index (Phi) is 34.4. The first-order valence-electron chi connectivity index (χ1n) is 33.1. The molecule has 1 aliphatic heterocycles. The van der Waals surface area contributed by atoms with Gasteiger partial charge in [0.05, 0.1) is 75.8 Å². The number of nitrogens with one attached hydrogen (secondary N) is 7. The minimum Gasteiger partial charge on any atom is -0.494 e. The Morgan fingerprint density at radius 1 is 0.627 bits per heavy atom. The number of aliphatic carboxylic acids is 4. The predicted octanol–water partition coefficient (Wildman–Crippen LogP) is -0.0643. The molecule has 36 nitrogen and oxygen atoms in total. The molecule has 38 heteroatoms. The smallest absolute Gasteiger partial charge is 0.494 e. The number of aromatic nitrogens is 4. The predicted molar refractivity (Wildman–Crippen MR) is 367 cm³/mol. The quantitative estimate of drug-likeness (QED) is 0.0179. The molecule has 0 bridgehead atoms. The van der Waals surface area contributed by atoms with Crippen molar-refractivity contribution < 1.29 is 105 Å². The zero-order valence-electron chi connectivity index (χ0n) is 57.0. The standard InChI is InChI=1S/C64H93N14O22PS/c1-45-35-51(36-46(2)60(45)102(94,95)73-53(63(89)90)40-70-61(87)48-10-13-54-49(38-48)39-71-78(54)19-4-14-67-64-68-17-18-69-64)99-30-3-7-55(79)65-15-5-28-96-31-33-98-34-32-97-29-6-16-66-62(88)52(37-47-8-11-50(12-9-47)100-101(91,92)93)72-56(80)41-74-20-22-75(42-57(81)82)24-26-77(44-59(85)86)27-25-76(23-21-74)43-58(83)84/h8-13,17-18,35-36,38-39,52-53,73H,3-7,14-16,19-34,37,40-44H2,1-2H3,(H,65,79)(H,66,88)(H,70,87)(H,72,80)(H,81,82)(H,83,84)(H,85,86)(H,89,90)(H2,67,68,69)(H2,91,92,93)/t52-,53?/m1/s1. The second-order valence-electron chi connectivity index (χ2n) is 23.9. The Morgan fingerprint density at radius 3 is 1.73 bits per heavy atom. The van der Waals surface area contributed by atoms with Gasteiger partial charge in [-0.1, -0.05) is 12.1 Å². The molecule has 3 heterocycles. The first-order valence-corrected chi connectivity index (χ1v) is 36.1. The Labute approximate surface area is 589 Å². The number of fused-ring (bicyclic) bond motifs is 1. The molecule has 6 rings (SSSR count). The molecule has 0 radical (unpaired) electrons. The van der Waals surface area contributed by atoms with Crippen molar-refractivity contribution in [3.05, 3.63) is 95.4 Å². The molecule has 2 aromatic heterocycles. The van der Waals surface area contributed by atoms with Gasteiger partial charge in [-0.3, -0.25) is 72.4 Å². The van der Waals surface area contributed by atoms with E-state index in [4.69, 9.17) is 18.9 Å². The summed E-state index contributed by atoms with van der Waals surface area (Å²) in [6, 6.07) is 10.7. The van der Waals surface area contributed by atoms with Gasteiger partial charge in [0.2, 0.25) is 27.7 Å². The van der Waals surface area contributed by atoms with Gasteiger partial charge in [-0.15, -0.1) is 0 Å². The number of anilines is 1. The van der Waals surface area contributed by atoms with Gasteiger partial charge in [0.1, 0.15) is 23.6 Å². The normalized spacial score (nSPS) is 14.5. The lowest BCUT2D eigenvalue weighted by atomic mass is 10.0. The fourth-order valence-electron chi connectivity index (χ4n) is 10.8. The minimum atomic E-state index is -4.86. The molecule has 3 aromatic carbocycles. The maximum atomic E-state index is 13.8. The number of phosphoric acid groups is 1. The Morgan fingerprint density at radius 2 is 1.19 bits per heavy atom. The van der Waals surface area contributed by atoms with Gasteiger partial charge in [0.25, 0.3) is 5.91 Å². The van der Waals surface area contributed by atoms with E-state index in [-0.39, 0.29) is 164 Å². The Hall–Kier alpha value is -8.72. The van der Waals surface area contributed by atoms with Crippen molar-refractivity contribution in [3.63, 3.8) is 0 Å². The molecule has 0 spiro atoms. The third kappa shape index (κ3) is 30.9. The number of hydrogen-bond acceptors (Lipinski definition) is 23. The molecule has 13 N–H and O–H groups in total. The number of phosphoric ester groups is 1. The van der Waals surface area contributed by atoms with Crippen molar-refractivity contribution in [2.24, 2.45) is 0 Å². The summed E-state index contributed by atoms with van der Waals surface area (Å²) in [7, 11) is -9.27. The number of aryl methyl sites for hydroxylation is 3. The molecule has 1 unspecified atom stereocenters. The highest BCUT2D eigenvalue weighted by Gasteiger charge is 2.30. The van der Waals surface area contributed by atoms with Gasteiger partial charge in [0.15, 0.2) is 5.95 Å². The number of amides is 4. The number of H-pyrrole nitrogens is 1. The SMILES string of the molecule is Cc1cc(OCCCC(=O)NCCCOCCOCCOCCCNC(=O)[C@@H](Cc2ccc(OP(=O)(O)O)cc2)NC(=O)CN2CCN(CC(=O)O)CCN(CC(=O)O)CCN(CC(=O)O)CC2)cc(C)c1S(=O)(=O)NC(CNC(=O)c1ccc2c(cnn2CCCNc2ncc[nH]2)c1)C(=O)O. The molecule has 0 aliphatic carbocycles. The van der Waals surface area contributed by atoms with Crippen LogP contribution >= 0.6 is 7.82 Å². The number of hydrogen-bond donors (Lipinski definition) is 13. The topological polar surface area (TPSA) is 487 Å². The molecule has 0 saturated carbocycles. The van der Waals surface area contributed by atoms with Crippen LogP contribution in [0.2, 0.25) is 0 Å².